The quantitative estimate of drug-likeness (QED) is 0.753. The standard InChI is InChI=1S/C9H15N3O2/c1-7-6-8(11-14-7)9(13)12(3)5-4-10-2/h6,10H,4-5H2,1-3H3. The summed E-state index contributed by atoms with van der Waals surface area (Å²) in [6.07, 6.45) is 0. The van der Waals surface area contributed by atoms with Crippen molar-refractivity contribution in [2.45, 2.75) is 6.92 Å². The van der Waals surface area contributed by atoms with Crippen LogP contribution in [0.15, 0.2) is 10.6 Å². The first kappa shape index (κ1) is 10.7. The van der Waals surface area contributed by atoms with Crippen LogP contribution in [0.1, 0.15) is 16.2 Å². The zero-order valence-corrected chi connectivity index (χ0v) is 8.70. The Morgan fingerprint density at radius 3 is 2.93 bits per heavy atom. The highest BCUT2D eigenvalue weighted by molar-refractivity contribution is 5.92. The van der Waals surface area contributed by atoms with Crippen molar-refractivity contribution in [1.82, 2.24) is 15.4 Å². The molecule has 1 aromatic rings. The number of carbonyl (C=O) groups is 1. The van der Waals surface area contributed by atoms with E-state index < -0.39 is 0 Å². The van der Waals surface area contributed by atoms with Crippen molar-refractivity contribution in [2.24, 2.45) is 0 Å². The van der Waals surface area contributed by atoms with E-state index in [9.17, 15) is 4.79 Å². The summed E-state index contributed by atoms with van der Waals surface area (Å²) in [6, 6.07) is 1.64. The van der Waals surface area contributed by atoms with Crippen LogP contribution in [-0.2, 0) is 0 Å². The molecule has 0 fully saturated rings. The molecule has 1 heterocycles. The molecule has 0 aliphatic rings. The van der Waals surface area contributed by atoms with E-state index in [1.165, 1.54) is 0 Å². The SMILES string of the molecule is CNCCN(C)C(=O)c1cc(C)on1. The summed E-state index contributed by atoms with van der Waals surface area (Å²) in [5, 5.41) is 6.63. The molecule has 5 nitrogen and oxygen atoms in total. The summed E-state index contributed by atoms with van der Waals surface area (Å²) in [6.45, 7) is 3.18. The molecule has 1 aromatic heterocycles. The van der Waals surface area contributed by atoms with Gasteiger partial charge in [-0.3, -0.25) is 4.79 Å². The number of likely N-dealkylation sites (N-methyl/N-ethyl adjacent to an activating group) is 2. The van der Waals surface area contributed by atoms with Crippen LogP contribution in [0.5, 0.6) is 0 Å². The molecule has 0 aliphatic carbocycles. The maximum atomic E-state index is 11.6. The van der Waals surface area contributed by atoms with Crippen LogP contribution in [-0.4, -0.2) is 43.1 Å². The van der Waals surface area contributed by atoms with E-state index in [0.29, 0.717) is 18.0 Å². The predicted molar refractivity (Wildman–Crippen MR) is 52.1 cm³/mol. The van der Waals surface area contributed by atoms with Crippen LogP contribution >= 0.6 is 0 Å². The Kier molecular flexibility index (Phi) is 3.64. The lowest BCUT2D eigenvalue weighted by Gasteiger charge is -2.14. The van der Waals surface area contributed by atoms with E-state index in [1.54, 1.807) is 24.9 Å². The molecule has 5 heteroatoms. The lowest BCUT2D eigenvalue weighted by molar-refractivity contribution is 0.0786. The van der Waals surface area contributed by atoms with E-state index in [1.807, 2.05) is 7.05 Å². The molecule has 1 rings (SSSR count). The van der Waals surface area contributed by atoms with E-state index in [4.69, 9.17) is 4.52 Å². The predicted octanol–water partition coefficient (Wildman–Crippen LogP) is 0.274. The zero-order chi connectivity index (χ0) is 10.6. The summed E-state index contributed by atoms with van der Waals surface area (Å²) < 4.78 is 4.83. The van der Waals surface area contributed by atoms with Crippen LogP contribution in [0.4, 0.5) is 0 Å². The monoisotopic (exact) mass is 197 g/mol. The number of carbonyl (C=O) groups excluding carboxylic acids is 1. The molecule has 1 N–H and O–H groups in total. The van der Waals surface area contributed by atoms with Crippen molar-refractivity contribution in [3.8, 4) is 0 Å². The third kappa shape index (κ3) is 2.56. The molecular weight excluding hydrogens is 182 g/mol. The zero-order valence-electron chi connectivity index (χ0n) is 8.70. The molecule has 0 aromatic carbocycles. The molecule has 0 spiro atoms. The fourth-order valence-corrected chi connectivity index (χ4v) is 1.04. The highest BCUT2D eigenvalue weighted by atomic mass is 16.5. The molecule has 0 aliphatic heterocycles. The molecule has 78 valence electrons. The Morgan fingerprint density at radius 1 is 1.71 bits per heavy atom. The second kappa shape index (κ2) is 4.76. The van der Waals surface area contributed by atoms with Crippen molar-refractivity contribution < 1.29 is 9.32 Å². The fourth-order valence-electron chi connectivity index (χ4n) is 1.04. The summed E-state index contributed by atoms with van der Waals surface area (Å²) in [5.41, 5.74) is 0.362. The van der Waals surface area contributed by atoms with Gasteiger partial charge in [0.05, 0.1) is 0 Å². The number of hydrogen-bond acceptors (Lipinski definition) is 4. The number of hydrogen-bond donors (Lipinski definition) is 1. The van der Waals surface area contributed by atoms with E-state index in [-0.39, 0.29) is 5.91 Å². The number of aromatic nitrogens is 1. The van der Waals surface area contributed by atoms with Crippen LogP contribution in [0, 0.1) is 6.92 Å². The van der Waals surface area contributed by atoms with Crippen LogP contribution in [0.2, 0.25) is 0 Å². The van der Waals surface area contributed by atoms with Gasteiger partial charge in [-0.2, -0.15) is 0 Å². The minimum atomic E-state index is -0.114. The molecule has 0 atom stereocenters. The lowest BCUT2D eigenvalue weighted by atomic mass is 10.3. The molecule has 0 radical (unpaired) electrons. The van der Waals surface area contributed by atoms with Gasteiger partial charge in [-0.05, 0) is 14.0 Å². The molecule has 0 saturated carbocycles. The summed E-state index contributed by atoms with van der Waals surface area (Å²) in [5.74, 6) is 0.535. The van der Waals surface area contributed by atoms with Crippen molar-refractivity contribution in [3.05, 3.63) is 17.5 Å². The Balaban J connectivity index is 2.56. The van der Waals surface area contributed by atoms with Crippen LogP contribution in [0.3, 0.4) is 0 Å². The van der Waals surface area contributed by atoms with E-state index in [2.05, 4.69) is 10.5 Å². The number of nitrogens with zero attached hydrogens (tertiary/aromatic N) is 2. The van der Waals surface area contributed by atoms with Gasteiger partial charge < -0.3 is 14.7 Å². The highest BCUT2D eigenvalue weighted by Gasteiger charge is 2.14. The second-order valence-corrected chi connectivity index (χ2v) is 3.15. The van der Waals surface area contributed by atoms with E-state index >= 15 is 0 Å². The Hall–Kier alpha value is -1.36. The number of nitrogens with one attached hydrogen (secondary N) is 1. The average Bonchev–Trinajstić information content (AvgIpc) is 2.60. The fraction of sp³-hybridized carbons (Fsp3) is 0.556. The maximum absolute atomic E-state index is 11.6. The summed E-state index contributed by atoms with van der Waals surface area (Å²) in [7, 11) is 3.59. The van der Waals surface area contributed by atoms with Gasteiger partial charge in [-0.15, -0.1) is 0 Å². The highest BCUT2D eigenvalue weighted by Crippen LogP contribution is 2.04. The van der Waals surface area contributed by atoms with Gasteiger partial charge in [-0.1, -0.05) is 5.16 Å². The molecular formula is C9H15N3O2. The third-order valence-corrected chi connectivity index (χ3v) is 1.89. The smallest absolute Gasteiger partial charge is 0.275 e. The largest absolute Gasteiger partial charge is 0.361 e. The molecule has 0 unspecified atom stereocenters. The van der Waals surface area contributed by atoms with Gasteiger partial charge in [0.25, 0.3) is 5.91 Å². The maximum Gasteiger partial charge on any atom is 0.275 e. The normalized spacial score (nSPS) is 10.2. The van der Waals surface area contributed by atoms with Crippen LogP contribution in [0.25, 0.3) is 0 Å². The summed E-state index contributed by atoms with van der Waals surface area (Å²) >= 11 is 0. The van der Waals surface area contributed by atoms with Crippen molar-refractivity contribution in [2.75, 3.05) is 27.2 Å². The molecule has 1 amide bonds. The second-order valence-electron chi connectivity index (χ2n) is 3.15. The first-order chi connectivity index (χ1) is 6.65. The van der Waals surface area contributed by atoms with Gasteiger partial charge in [0.1, 0.15) is 5.76 Å². The van der Waals surface area contributed by atoms with Gasteiger partial charge in [0.2, 0.25) is 0 Å². The first-order valence-electron chi connectivity index (χ1n) is 4.48. The van der Waals surface area contributed by atoms with Crippen LogP contribution < -0.4 is 5.32 Å². The minimum absolute atomic E-state index is 0.114. The van der Waals surface area contributed by atoms with E-state index in [0.717, 1.165) is 6.54 Å². The molecule has 0 saturated heterocycles. The topological polar surface area (TPSA) is 58.4 Å². The minimum Gasteiger partial charge on any atom is -0.361 e. The van der Waals surface area contributed by atoms with Crippen molar-refractivity contribution in [3.63, 3.8) is 0 Å². The lowest BCUT2D eigenvalue weighted by Crippen LogP contribution is -2.32. The van der Waals surface area contributed by atoms with Crippen molar-refractivity contribution >= 4 is 5.91 Å². The summed E-state index contributed by atoms with van der Waals surface area (Å²) in [4.78, 5) is 13.2. The number of amides is 1. The molecule has 14 heavy (non-hydrogen) atoms. The number of aryl methyl sites for hydroxylation is 1. The Morgan fingerprint density at radius 2 is 2.43 bits per heavy atom. The Bertz CT molecular complexity index is 309. The van der Waals surface area contributed by atoms with Gasteiger partial charge >= 0.3 is 0 Å². The first-order valence-corrected chi connectivity index (χ1v) is 4.48. The van der Waals surface area contributed by atoms with Gasteiger partial charge in [0, 0.05) is 26.2 Å². The number of rotatable bonds is 4. The van der Waals surface area contributed by atoms with Crippen molar-refractivity contribution in [1.29, 1.82) is 0 Å². The van der Waals surface area contributed by atoms with Gasteiger partial charge in [0.15, 0.2) is 5.69 Å². The molecule has 0 bridgehead atoms. The Labute approximate surface area is 83.1 Å². The van der Waals surface area contributed by atoms with Gasteiger partial charge in [-0.25, -0.2) is 0 Å². The average molecular weight is 197 g/mol. The third-order valence-electron chi connectivity index (χ3n) is 1.89.